The van der Waals surface area contributed by atoms with Gasteiger partial charge >= 0.3 is 11.9 Å². The van der Waals surface area contributed by atoms with Crippen LogP contribution in [0.15, 0.2) is 41.5 Å². The number of Topliss-reactive ketones (excluding diaryl/α,β-unsaturated/α-hetero) is 1. The number of hydrogen-bond acceptors (Lipinski definition) is 10. The van der Waals surface area contributed by atoms with E-state index in [0.717, 1.165) is 41.8 Å². The molecule has 0 unspecified atom stereocenters. The Balaban J connectivity index is 1.86. The number of carbonyl (C=O) groups excluding carboxylic acids is 3. The van der Waals surface area contributed by atoms with E-state index < -0.39 is 92.8 Å². The summed E-state index contributed by atoms with van der Waals surface area (Å²) in [4.78, 5) is 43.1. The van der Waals surface area contributed by atoms with E-state index in [9.17, 15) is 19.8 Å². The molecule has 10 nitrogen and oxygen atoms in total. The van der Waals surface area contributed by atoms with Crippen molar-refractivity contribution < 1.29 is 47.7 Å². The van der Waals surface area contributed by atoms with Crippen molar-refractivity contribution in [3.8, 4) is 0 Å². The highest BCUT2D eigenvalue weighted by molar-refractivity contribution is 6.74. The third kappa shape index (κ3) is 6.45. The number of ether oxygens (including phenoxy) is 3. The zero-order valence-electron chi connectivity index (χ0n) is 33.9. The summed E-state index contributed by atoms with van der Waals surface area (Å²) in [6.07, 6.45) is -4.93. The monoisotopic (exact) mass is 772 g/mol. The lowest BCUT2D eigenvalue weighted by atomic mass is 9.44. The highest BCUT2D eigenvalue weighted by Crippen LogP contribution is 2.65. The third-order valence-electron chi connectivity index (χ3n) is 14.5. The largest absolute Gasteiger partial charge is 0.455 e. The number of aliphatic hydroxyl groups excluding tert-OH is 1. The van der Waals surface area contributed by atoms with E-state index in [-0.39, 0.29) is 25.0 Å². The first kappa shape index (κ1) is 42.0. The number of hydrogen-bond donors (Lipinski definition) is 2. The van der Waals surface area contributed by atoms with Crippen LogP contribution in [0.25, 0.3) is 0 Å². The molecule has 0 radical (unpaired) electrons. The first-order valence-electron chi connectivity index (χ1n) is 19.9. The van der Waals surface area contributed by atoms with Gasteiger partial charge in [0, 0.05) is 25.2 Å². The van der Waals surface area contributed by atoms with Gasteiger partial charge in [-0.1, -0.05) is 73.6 Å². The molecule has 9 atom stereocenters. The maximum Gasteiger partial charge on any atom is 0.338 e. The lowest BCUT2D eigenvalue weighted by Crippen LogP contribution is -2.82. The van der Waals surface area contributed by atoms with Gasteiger partial charge in [0.15, 0.2) is 28.0 Å². The molecule has 2 N–H and O–H groups in total. The Morgan fingerprint density at radius 1 is 0.906 bits per heavy atom. The van der Waals surface area contributed by atoms with Gasteiger partial charge in [-0.05, 0) is 73.4 Å². The van der Waals surface area contributed by atoms with Crippen molar-refractivity contribution in [3.05, 3.63) is 47.0 Å². The van der Waals surface area contributed by atoms with Crippen LogP contribution in [0, 0.1) is 16.7 Å². The molecular formula is C41H64O10Si2. The Kier molecular flexibility index (Phi) is 11.9. The maximum absolute atomic E-state index is 15.6. The predicted molar refractivity (Wildman–Crippen MR) is 207 cm³/mol. The molecule has 1 saturated heterocycles. The van der Waals surface area contributed by atoms with E-state index in [4.69, 9.17) is 23.1 Å². The zero-order valence-corrected chi connectivity index (χ0v) is 35.9. The van der Waals surface area contributed by atoms with Crippen LogP contribution in [0.5, 0.6) is 0 Å². The smallest absolute Gasteiger partial charge is 0.338 e. The molecule has 1 aromatic rings. The molecule has 1 aromatic carbocycles. The molecule has 12 heteroatoms. The third-order valence-corrected chi connectivity index (χ3v) is 23.8. The minimum atomic E-state index is -2.43. The van der Waals surface area contributed by atoms with Crippen LogP contribution in [-0.4, -0.2) is 92.9 Å². The average molecular weight is 773 g/mol. The SMILES string of the molecule is CC[Si](CC)(CC)O[C@H]1C[C@H]2OC[C@@]2(OC(C)=O)[C@H]2[C@H](OC(=O)c3ccccc3)[C@]3(O)C[C@@H](O[Si](CC)(CC)CC)C(C)=C([C@@H](O)C(=O)[C@]12C)C3(C)C. The van der Waals surface area contributed by atoms with Gasteiger partial charge in [-0.3, -0.25) is 9.59 Å². The van der Waals surface area contributed by atoms with E-state index in [1.54, 1.807) is 37.3 Å². The van der Waals surface area contributed by atoms with Crippen LogP contribution in [0.1, 0.15) is 99.4 Å². The fraction of sp³-hybridized carbons (Fsp3) is 0.732. The van der Waals surface area contributed by atoms with Crippen LogP contribution in [-0.2, 0) is 32.7 Å². The summed E-state index contributed by atoms with van der Waals surface area (Å²) in [5, 5.41) is 26.4. The Hall–Kier alpha value is -2.20. The molecule has 1 aliphatic heterocycles. The molecule has 3 aliphatic carbocycles. The number of carbonyl (C=O) groups is 3. The standard InChI is InChI=1S/C41H64O10Si2/c1-12-52(13-2,14-3)50-29-24-41(46)36(48-37(45)28-21-19-18-20-22-28)34-39(11,35(44)33(43)32(26(29)7)38(41,9)10)30(51-53(15-4,16-5)17-6)23-31-40(34,25-47-31)49-27(8)42/h18-22,29-31,33-34,36,43,46H,12-17,23-25H2,1-11H3/t29-,30+,31-,33-,34+,36+,39-,40+,41-/m1/s1. The van der Waals surface area contributed by atoms with Gasteiger partial charge in [-0.2, -0.15) is 0 Å². The van der Waals surface area contributed by atoms with E-state index in [1.165, 1.54) is 6.92 Å². The Morgan fingerprint density at radius 3 is 1.94 bits per heavy atom. The first-order chi connectivity index (χ1) is 24.9. The van der Waals surface area contributed by atoms with Gasteiger partial charge in [0.1, 0.15) is 23.9 Å². The fourth-order valence-electron chi connectivity index (χ4n) is 10.5. The molecule has 3 fully saturated rings. The van der Waals surface area contributed by atoms with Crippen molar-refractivity contribution in [2.24, 2.45) is 16.7 Å². The lowest BCUT2D eigenvalue weighted by molar-refractivity contribution is -0.344. The van der Waals surface area contributed by atoms with Crippen LogP contribution < -0.4 is 0 Å². The number of rotatable bonds is 13. The Bertz CT molecular complexity index is 1550. The van der Waals surface area contributed by atoms with Gasteiger partial charge in [-0.25, -0.2) is 4.79 Å². The summed E-state index contributed by atoms with van der Waals surface area (Å²) in [5.74, 6) is -2.93. The molecule has 2 bridgehead atoms. The van der Waals surface area contributed by atoms with E-state index in [0.29, 0.717) is 5.57 Å². The van der Waals surface area contributed by atoms with Gasteiger partial charge < -0.3 is 33.3 Å². The van der Waals surface area contributed by atoms with Crippen molar-refractivity contribution in [2.75, 3.05) is 6.61 Å². The molecule has 4 aliphatic rings. The number of fused-ring (bicyclic) bond motifs is 5. The topological polar surface area (TPSA) is 138 Å². The zero-order chi connectivity index (χ0) is 39.4. The molecule has 5 rings (SSSR count). The van der Waals surface area contributed by atoms with Crippen molar-refractivity contribution >= 4 is 34.4 Å². The molecule has 53 heavy (non-hydrogen) atoms. The van der Waals surface area contributed by atoms with Crippen LogP contribution in [0.3, 0.4) is 0 Å². The Morgan fingerprint density at radius 2 is 1.45 bits per heavy atom. The van der Waals surface area contributed by atoms with Crippen molar-refractivity contribution in [1.29, 1.82) is 0 Å². The van der Waals surface area contributed by atoms with E-state index >= 15 is 4.79 Å². The molecule has 0 spiro atoms. The second kappa shape index (κ2) is 15.0. The molecule has 0 amide bonds. The number of ketones is 1. The summed E-state index contributed by atoms with van der Waals surface area (Å²) < 4.78 is 33.6. The lowest BCUT2D eigenvalue weighted by Gasteiger charge is -2.68. The molecule has 1 heterocycles. The van der Waals surface area contributed by atoms with Crippen LogP contribution >= 0.6 is 0 Å². The highest BCUT2D eigenvalue weighted by Gasteiger charge is 2.78. The number of aliphatic hydroxyl groups is 2. The summed E-state index contributed by atoms with van der Waals surface area (Å²) in [5.41, 5.74) is -4.90. The average Bonchev–Trinajstić information content (AvgIpc) is 3.13. The van der Waals surface area contributed by atoms with Crippen molar-refractivity contribution in [2.45, 2.75) is 167 Å². The molecule has 2 saturated carbocycles. The van der Waals surface area contributed by atoms with Crippen molar-refractivity contribution in [1.82, 2.24) is 0 Å². The summed E-state index contributed by atoms with van der Waals surface area (Å²) in [6, 6.07) is 13.5. The van der Waals surface area contributed by atoms with Crippen LogP contribution in [0.2, 0.25) is 36.3 Å². The maximum atomic E-state index is 15.6. The first-order valence-corrected chi connectivity index (χ1v) is 25.0. The molecular weight excluding hydrogens is 709 g/mol. The number of benzene rings is 1. The van der Waals surface area contributed by atoms with Gasteiger partial charge in [0.2, 0.25) is 0 Å². The Labute approximate surface area is 318 Å². The predicted octanol–water partition coefficient (Wildman–Crippen LogP) is 7.14. The fourth-order valence-corrected chi connectivity index (χ4v) is 16.3. The summed E-state index contributed by atoms with van der Waals surface area (Å²) in [7, 11) is -4.76. The van der Waals surface area contributed by atoms with Gasteiger partial charge in [0.05, 0.1) is 35.7 Å². The highest BCUT2D eigenvalue weighted by atomic mass is 28.4. The molecule has 0 aromatic heterocycles. The minimum absolute atomic E-state index is 0.0368. The summed E-state index contributed by atoms with van der Waals surface area (Å²) >= 11 is 0. The van der Waals surface area contributed by atoms with E-state index in [2.05, 4.69) is 41.5 Å². The van der Waals surface area contributed by atoms with Gasteiger partial charge in [-0.15, -0.1) is 0 Å². The van der Waals surface area contributed by atoms with E-state index in [1.807, 2.05) is 20.8 Å². The van der Waals surface area contributed by atoms with Gasteiger partial charge in [0.25, 0.3) is 0 Å². The quantitative estimate of drug-likeness (QED) is 0.121. The summed E-state index contributed by atoms with van der Waals surface area (Å²) in [6.45, 7) is 21.2. The normalized spacial score (nSPS) is 35.3. The minimum Gasteiger partial charge on any atom is -0.455 e. The second-order valence-electron chi connectivity index (χ2n) is 16.9. The van der Waals surface area contributed by atoms with Crippen LogP contribution in [0.4, 0.5) is 0 Å². The second-order valence-corrected chi connectivity index (χ2v) is 26.3. The molecule has 296 valence electrons. The van der Waals surface area contributed by atoms with Crippen molar-refractivity contribution in [3.63, 3.8) is 0 Å². The number of esters is 2.